The van der Waals surface area contributed by atoms with E-state index in [1.807, 2.05) is 0 Å². The third-order valence-corrected chi connectivity index (χ3v) is 1.63. The summed E-state index contributed by atoms with van der Waals surface area (Å²) in [5.74, 6) is 0.315. The Labute approximate surface area is 69.6 Å². The van der Waals surface area contributed by atoms with Crippen molar-refractivity contribution in [2.75, 3.05) is 20.6 Å². The molecule has 0 rings (SSSR count). The molecule has 0 spiro atoms. The molecule has 0 aliphatic rings. The minimum absolute atomic E-state index is 0.315. The lowest BCUT2D eigenvalue weighted by Crippen LogP contribution is -2.12. The molecule has 0 bridgehead atoms. The summed E-state index contributed by atoms with van der Waals surface area (Å²) in [5, 5.41) is 0. The molecule has 11 heavy (non-hydrogen) atoms. The van der Waals surface area contributed by atoms with Crippen molar-refractivity contribution in [1.82, 2.24) is 4.90 Å². The second-order valence-corrected chi connectivity index (χ2v) is 3.32. The zero-order chi connectivity index (χ0) is 8.69. The lowest BCUT2D eigenvalue weighted by Gasteiger charge is -2.07. The Morgan fingerprint density at radius 2 is 1.82 bits per heavy atom. The Bertz CT molecular complexity index is 110. The van der Waals surface area contributed by atoms with Crippen LogP contribution in [-0.2, 0) is 4.79 Å². The Morgan fingerprint density at radius 3 is 2.27 bits per heavy atom. The van der Waals surface area contributed by atoms with Crippen LogP contribution >= 0.6 is 0 Å². The molecule has 0 N–H and O–H groups in total. The van der Waals surface area contributed by atoms with Crippen molar-refractivity contribution in [3.05, 3.63) is 0 Å². The first-order valence-corrected chi connectivity index (χ1v) is 4.27. The number of Topliss-reactive ketones (excluding diaryl/α,β-unsaturated/α-hetero) is 1. The predicted molar refractivity (Wildman–Crippen MR) is 47.7 cm³/mol. The SMILES string of the molecule is CC(=O)CCCCCN(C)C. The van der Waals surface area contributed by atoms with Crippen molar-refractivity contribution in [3.63, 3.8) is 0 Å². The average Bonchev–Trinajstić information content (AvgIpc) is 1.85. The first-order chi connectivity index (χ1) is 5.13. The number of rotatable bonds is 6. The summed E-state index contributed by atoms with van der Waals surface area (Å²) in [6.07, 6.45) is 4.20. The highest BCUT2D eigenvalue weighted by molar-refractivity contribution is 5.75. The molecule has 0 radical (unpaired) electrons. The zero-order valence-corrected chi connectivity index (χ0v) is 7.89. The highest BCUT2D eigenvalue weighted by atomic mass is 16.1. The number of carbonyl (C=O) groups excluding carboxylic acids is 1. The van der Waals surface area contributed by atoms with Gasteiger partial charge in [0.25, 0.3) is 0 Å². The molecule has 0 aliphatic heterocycles. The van der Waals surface area contributed by atoms with Gasteiger partial charge in [-0.15, -0.1) is 0 Å². The van der Waals surface area contributed by atoms with Gasteiger partial charge in [0.1, 0.15) is 5.78 Å². The summed E-state index contributed by atoms with van der Waals surface area (Å²) < 4.78 is 0. The van der Waals surface area contributed by atoms with E-state index in [-0.39, 0.29) is 0 Å². The van der Waals surface area contributed by atoms with Crippen LogP contribution in [0.3, 0.4) is 0 Å². The molecule has 2 heteroatoms. The largest absolute Gasteiger partial charge is 0.309 e. The van der Waals surface area contributed by atoms with Gasteiger partial charge in [-0.25, -0.2) is 0 Å². The topological polar surface area (TPSA) is 20.3 Å². The summed E-state index contributed by atoms with van der Waals surface area (Å²) in [6, 6.07) is 0. The van der Waals surface area contributed by atoms with Crippen LogP contribution in [0, 0.1) is 0 Å². The maximum atomic E-state index is 10.5. The summed E-state index contributed by atoms with van der Waals surface area (Å²) in [7, 11) is 4.15. The maximum absolute atomic E-state index is 10.5. The van der Waals surface area contributed by atoms with Gasteiger partial charge in [-0.1, -0.05) is 6.42 Å². The number of unbranched alkanes of at least 4 members (excludes halogenated alkanes) is 2. The average molecular weight is 157 g/mol. The van der Waals surface area contributed by atoms with E-state index in [2.05, 4.69) is 19.0 Å². The first-order valence-electron chi connectivity index (χ1n) is 4.27. The summed E-state index contributed by atoms with van der Waals surface area (Å²) in [5.41, 5.74) is 0. The zero-order valence-electron chi connectivity index (χ0n) is 7.89. The van der Waals surface area contributed by atoms with E-state index in [1.165, 1.54) is 12.8 Å². The molecule has 0 unspecified atom stereocenters. The van der Waals surface area contributed by atoms with Crippen LogP contribution < -0.4 is 0 Å². The summed E-state index contributed by atoms with van der Waals surface area (Å²) >= 11 is 0. The molecule has 0 amide bonds. The molecule has 66 valence electrons. The van der Waals surface area contributed by atoms with Crippen LogP contribution in [0.15, 0.2) is 0 Å². The van der Waals surface area contributed by atoms with Gasteiger partial charge in [-0.05, 0) is 40.4 Å². The maximum Gasteiger partial charge on any atom is 0.129 e. The Kier molecular flexibility index (Phi) is 6.13. The van der Waals surface area contributed by atoms with Crippen molar-refractivity contribution in [2.24, 2.45) is 0 Å². The van der Waals surface area contributed by atoms with Crippen LogP contribution in [-0.4, -0.2) is 31.3 Å². The van der Waals surface area contributed by atoms with Gasteiger partial charge in [0, 0.05) is 6.42 Å². The quantitative estimate of drug-likeness (QED) is 0.547. The Balaban J connectivity index is 2.97. The van der Waals surface area contributed by atoms with Crippen LogP contribution in [0.4, 0.5) is 0 Å². The third-order valence-electron chi connectivity index (χ3n) is 1.63. The number of hydrogen-bond donors (Lipinski definition) is 0. The molecule has 0 fully saturated rings. The van der Waals surface area contributed by atoms with E-state index in [1.54, 1.807) is 6.92 Å². The Hall–Kier alpha value is -0.370. The highest BCUT2D eigenvalue weighted by Gasteiger charge is 1.94. The minimum Gasteiger partial charge on any atom is -0.309 e. The van der Waals surface area contributed by atoms with Crippen molar-refractivity contribution in [3.8, 4) is 0 Å². The van der Waals surface area contributed by atoms with E-state index in [0.717, 1.165) is 19.4 Å². The summed E-state index contributed by atoms with van der Waals surface area (Å²) in [4.78, 5) is 12.7. The van der Waals surface area contributed by atoms with Crippen LogP contribution in [0.2, 0.25) is 0 Å². The highest BCUT2D eigenvalue weighted by Crippen LogP contribution is 2.00. The lowest BCUT2D eigenvalue weighted by molar-refractivity contribution is -0.117. The lowest BCUT2D eigenvalue weighted by atomic mass is 10.1. The Morgan fingerprint density at radius 1 is 1.18 bits per heavy atom. The second-order valence-electron chi connectivity index (χ2n) is 3.32. The van der Waals surface area contributed by atoms with Gasteiger partial charge in [-0.3, -0.25) is 0 Å². The molecule has 2 nitrogen and oxygen atoms in total. The van der Waals surface area contributed by atoms with Gasteiger partial charge >= 0.3 is 0 Å². The molecule has 0 atom stereocenters. The standard InChI is InChI=1S/C9H19NO/c1-9(11)7-5-4-6-8-10(2)3/h4-8H2,1-3H3. The van der Waals surface area contributed by atoms with Gasteiger partial charge in [0.2, 0.25) is 0 Å². The second kappa shape index (κ2) is 6.35. The number of hydrogen-bond acceptors (Lipinski definition) is 2. The molecule has 0 aromatic rings. The van der Waals surface area contributed by atoms with Crippen molar-refractivity contribution in [1.29, 1.82) is 0 Å². The van der Waals surface area contributed by atoms with E-state index < -0.39 is 0 Å². The minimum atomic E-state index is 0.315. The van der Waals surface area contributed by atoms with E-state index in [4.69, 9.17) is 0 Å². The van der Waals surface area contributed by atoms with E-state index >= 15 is 0 Å². The monoisotopic (exact) mass is 157 g/mol. The predicted octanol–water partition coefficient (Wildman–Crippen LogP) is 1.70. The van der Waals surface area contributed by atoms with E-state index in [9.17, 15) is 4.79 Å². The number of ketones is 1. The van der Waals surface area contributed by atoms with Crippen LogP contribution in [0.1, 0.15) is 32.6 Å². The molecule has 0 aliphatic carbocycles. The fourth-order valence-electron chi connectivity index (χ4n) is 0.979. The molecule has 0 aromatic heterocycles. The van der Waals surface area contributed by atoms with Crippen molar-refractivity contribution >= 4 is 5.78 Å². The first kappa shape index (κ1) is 10.6. The normalized spacial score (nSPS) is 10.5. The van der Waals surface area contributed by atoms with Crippen LogP contribution in [0.25, 0.3) is 0 Å². The molecule has 0 heterocycles. The molecule has 0 saturated heterocycles. The molecule has 0 saturated carbocycles. The van der Waals surface area contributed by atoms with Crippen molar-refractivity contribution in [2.45, 2.75) is 32.6 Å². The fourth-order valence-corrected chi connectivity index (χ4v) is 0.979. The fraction of sp³-hybridized carbons (Fsp3) is 0.889. The third kappa shape index (κ3) is 9.63. The number of nitrogens with zero attached hydrogens (tertiary/aromatic N) is 1. The van der Waals surface area contributed by atoms with Gasteiger partial charge in [-0.2, -0.15) is 0 Å². The summed E-state index contributed by atoms with van der Waals surface area (Å²) in [6.45, 7) is 2.80. The molecular weight excluding hydrogens is 138 g/mol. The molecular formula is C9H19NO. The smallest absolute Gasteiger partial charge is 0.129 e. The van der Waals surface area contributed by atoms with Crippen molar-refractivity contribution < 1.29 is 4.79 Å². The number of carbonyl (C=O) groups is 1. The van der Waals surface area contributed by atoms with Crippen LogP contribution in [0.5, 0.6) is 0 Å². The van der Waals surface area contributed by atoms with Gasteiger partial charge < -0.3 is 9.69 Å². The molecule has 0 aromatic carbocycles. The van der Waals surface area contributed by atoms with Gasteiger partial charge in [0.05, 0.1) is 0 Å². The van der Waals surface area contributed by atoms with Gasteiger partial charge in [0.15, 0.2) is 0 Å². The van der Waals surface area contributed by atoms with E-state index in [0.29, 0.717) is 5.78 Å².